The Kier molecular flexibility index (Phi) is 7.76. The standard InChI is InChI=1S/C57H39N3/c1-5-17-41(18-6-1)57(42-19-7-2-8-20-42)52-27-15-13-25-48(52)49-36-34-47(39-53(49)57)59(44-21-9-3-10-22-44)46-32-30-43(31-33-46)58-38-37-40-29-35-51-50-26-14-16-28-54(50)60(56(51)55(40)58)45-23-11-4-12-24-45/h1-39H. The summed E-state index contributed by atoms with van der Waals surface area (Å²) in [5, 5.41) is 3.70. The molecule has 12 rings (SSSR count). The first-order valence-corrected chi connectivity index (χ1v) is 20.7. The number of aromatic nitrogens is 2. The molecular formula is C57H39N3. The average Bonchev–Trinajstić information content (AvgIpc) is 4.00. The Morgan fingerprint density at radius 3 is 1.68 bits per heavy atom. The molecule has 0 N–H and O–H groups in total. The third kappa shape index (κ3) is 5.03. The number of benzene rings is 9. The molecule has 3 heteroatoms. The van der Waals surface area contributed by atoms with Crippen LogP contribution in [0.5, 0.6) is 0 Å². The van der Waals surface area contributed by atoms with Crippen LogP contribution >= 0.6 is 0 Å². The minimum absolute atomic E-state index is 0.486. The van der Waals surface area contributed by atoms with E-state index in [2.05, 4.69) is 251 Å². The number of para-hydroxylation sites is 3. The molecule has 0 saturated heterocycles. The second-order valence-corrected chi connectivity index (χ2v) is 15.7. The molecule has 3 nitrogen and oxygen atoms in total. The van der Waals surface area contributed by atoms with Crippen LogP contribution in [0.3, 0.4) is 0 Å². The minimum atomic E-state index is -0.486. The highest BCUT2D eigenvalue weighted by Gasteiger charge is 2.46. The van der Waals surface area contributed by atoms with Gasteiger partial charge in [-0.3, -0.25) is 0 Å². The van der Waals surface area contributed by atoms with Crippen LogP contribution in [0.25, 0.3) is 55.2 Å². The first-order valence-electron chi connectivity index (χ1n) is 20.7. The Bertz CT molecular complexity index is 3310. The van der Waals surface area contributed by atoms with Gasteiger partial charge in [0.15, 0.2) is 0 Å². The van der Waals surface area contributed by atoms with Gasteiger partial charge < -0.3 is 14.0 Å². The van der Waals surface area contributed by atoms with Gasteiger partial charge in [-0.05, 0) is 106 Å². The van der Waals surface area contributed by atoms with Crippen LogP contribution in [-0.4, -0.2) is 9.13 Å². The summed E-state index contributed by atoms with van der Waals surface area (Å²) in [6.45, 7) is 0. The molecule has 9 aromatic carbocycles. The lowest BCUT2D eigenvalue weighted by Crippen LogP contribution is -2.28. The van der Waals surface area contributed by atoms with Crippen molar-refractivity contribution in [3.05, 3.63) is 259 Å². The SMILES string of the molecule is c1ccc(N(c2ccc(-n3ccc4ccc5c6ccccc6n(-c6ccccc6)c5c43)cc2)c2ccc3c(c2)C(c2ccccc2)(c2ccccc2)c2ccccc2-3)cc1. The maximum Gasteiger partial charge on any atom is 0.0788 e. The summed E-state index contributed by atoms with van der Waals surface area (Å²) in [6.07, 6.45) is 2.21. The molecule has 11 aromatic rings. The molecule has 0 unspecified atom stereocenters. The normalized spacial score (nSPS) is 12.8. The number of fused-ring (bicyclic) bond motifs is 8. The van der Waals surface area contributed by atoms with Crippen LogP contribution in [-0.2, 0) is 5.41 Å². The van der Waals surface area contributed by atoms with E-state index in [0.717, 1.165) is 28.4 Å². The summed E-state index contributed by atoms with van der Waals surface area (Å²) in [6, 6.07) is 84.2. The van der Waals surface area contributed by atoms with Crippen molar-refractivity contribution in [1.82, 2.24) is 9.13 Å². The zero-order valence-corrected chi connectivity index (χ0v) is 32.9. The molecule has 0 radical (unpaired) electrons. The number of rotatable bonds is 7. The van der Waals surface area contributed by atoms with Crippen molar-refractivity contribution < 1.29 is 0 Å². The highest BCUT2D eigenvalue weighted by molar-refractivity contribution is 6.18. The van der Waals surface area contributed by atoms with Gasteiger partial charge in [-0.15, -0.1) is 0 Å². The van der Waals surface area contributed by atoms with E-state index < -0.39 is 5.41 Å². The second kappa shape index (κ2) is 13.6. The van der Waals surface area contributed by atoms with E-state index in [1.54, 1.807) is 0 Å². The summed E-state index contributed by atoms with van der Waals surface area (Å²) in [5.41, 5.74) is 16.3. The van der Waals surface area contributed by atoms with Crippen molar-refractivity contribution in [2.24, 2.45) is 0 Å². The predicted molar refractivity (Wildman–Crippen MR) is 250 cm³/mol. The monoisotopic (exact) mass is 765 g/mol. The maximum atomic E-state index is 2.44. The fourth-order valence-corrected chi connectivity index (χ4v) is 10.1. The van der Waals surface area contributed by atoms with E-state index in [9.17, 15) is 0 Å². The van der Waals surface area contributed by atoms with Gasteiger partial charge in [-0.25, -0.2) is 0 Å². The van der Waals surface area contributed by atoms with Gasteiger partial charge >= 0.3 is 0 Å². The topological polar surface area (TPSA) is 13.1 Å². The molecular weight excluding hydrogens is 727 g/mol. The summed E-state index contributed by atoms with van der Waals surface area (Å²) in [7, 11) is 0. The Balaban J connectivity index is 1.04. The van der Waals surface area contributed by atoms with Crippen molar-refractivity contribution in [2.75, 3.05) is 4.90 Å². The summed E-state index contributed by atoms with van der Waals surface area (Å²) < 4.78 is 4.78. The Morgan fingerprint density at radius 2 is 0.950 bits per heavy atom. The number of anilines is 3. The summed E-state index contributed by atoms with van der Waals surface area (Å²) >= 11 is 0. The van der Waals surface area contributed by atoms with Crippen LogP contribution in [0.4, 0.5) is 17.1 Å². The predicted octanol–water partition coefficient (Wildman–Crippen LogP) is 14.6. The van der Waals surface area contributed by atoms with Gasteiger partial charge in [0, 0.05) is 50.8 Å². The van der Waals surface area contributed by atoms with Crippen LogP contribution in [0.2, 0.25) is 0 Å². The van der Waals surface area contributed by atoms with Crippen molar-refractivity contribution in [2.45, 2.75) is 5.41 Å². The van der Waals surface area contributed by atoms with Crippen molar-refractivity contribution in [3.8, 4) is 22.5 Å². The molecule has 2 aromatic heterocycles. The first-order chi connectivity index (χ1) is 29.8. The molecule has 0 fully saturated rings. The van der Waals surface area contributed by atoms with E-state index >= 15 is 0 Å². The molecule has 0 spiro atoms. The quantitative estimate of drug-likeness (QED) is 0.157. The molecule has 0 bridgehead atoms. The first kappa shape index (κ1) is 34.2. The Hall–Kier alpha value is -7.88. The van der Waals surface area contributed by atoms with Gasteiger partial charge in [0.2, 0.25) is 0 Å². The second-order valence-electron chi connectivity index (χ2n) is 15.7. The van der Waals surface area contributed by atoms with E-state index in [0.29, 0.717) is 0 Å². The Morgan fingerprint density at radius 1 is 0.367 bits per heavy atom. The van der Waals surface area contributed by atoms with Gasteiger partial charge in [0.1, 0.15) is 0 Å². The molecule has 0 amide bonds. The average molecular weight is 766 g/mol. The van der Waals surface area contributed by atoms with Crippen LogP contribution in [0, 0.1) is 0 Å². The maximum absolute atomic E-state index is 2.44. The van der Waals surface area contributed by atoms with Crippen molar-refractivity contribution in [1.29, 1.82) is 0 Å². The van der Waals surface area contributed by atoms with Crippen LogP contribution < -0.4 is 4.90 Å². The highest BCUT2D eigenvalue weighted by atomic mass is 15.1. The largest absolute Gasteiger partial charge is 0.315 e. The van der Waals surface area contributed by atoms with Crippen molar-refractivity contribution >= 4 is 49.8 Å². The van der Waals surface area contributed by atoms with Gasteiger partial charge in [0.05, 0.1) is 22.0 Å². The molecule has 1 aliphatic rings. The van der Waals surface area contributed by atoms with Gasteiger partial charge in [0.25, 0.3) is 0 Å². The van der Waals surface area contributed by atoms with Crippen LogP contribution in [0.1, 0.15) is 22.3 Å². The van der Waals surface area contributed by atoms with Gasteiger partial charge in [-0.2, -0.15) is 0 Å². The lowest BCUT2D eigenvalue weighted by Gasteiger charge is -2.35. The third-order valence-electron chi connectivity index (χ3n) is 12.6. The van der Waals surface area contributed by atoms with E-state index in [-0.39, 0.29) is 0 Å². The molecule has 60 heavy (non-hydrogen) atoms. The van der Waals surface area contributed by atoms with Gasteiger partial charge in [-0.1, -0.05) is 158 Å². The smallest absolute Gasteiger partial charge is 0.0788 e. The fourth-order valence-electron chi connectivity index (χ4n) is 10.1. The lowest BCUT2D eigenvalue weighted by atomic mass is 9.67. The number of nitrogens with zero attached hydrogens (tertiary/aromatic N) is 3. The lowest BCUT2D eigenvalue weighted by molar-refractivity contribution is 0.768. The molecule has 0 saturated carbocycles. The molecule has 282 valence electrons. The summed E-state index contributed by atoms with van der Waals surface area (Å²) in [4.78, 5) is 2.40. The zero-order chi connectivity index (χ0) is 39.6. The zero-order valence-electron chi connectivity index (χ0n) is 32.9. The third-order valence-corrected chi connectivity index (χ3v) is 12.6. The molecule has 1 aliphatic carbocycles. The van der Waals surface area contributed by atoms with E-state index in [4.69, 9.17) is 0 Å². The number of hydrogen-bond donors (Lipinski definition) is 0. The Labute approximate surface area is 349 Å². The summed E-state index contributed by atoms with van der Waals surface area (Å²) in [5.74, 6) is 0. The van der Waals surface area contributed by atoms with E-state index in [1.807, 2.05) is 0 Å². The number of hydrogen-bond acceptors (Lipinski definition) is 1. The van der Waals surface area contributed by atoms with E-state index in [1.165, 1.54) is 66.1 Å². The van der Waals surface area contributed by atoms with Crippen LogP contribution in [0.15, 0.2) is 237 Å². The molecule has 2 heterocycles. The highest BCUT2D eigenvalue weighted by Crippen LogP contribution is 2.57. The van der Waals surface area contributed by atoms with Crippen molar-refractivity contribution in [3.63, 3.8) is 0 Å². The minimum Gasteiger partial charge on any atom is -0.315 e. The fraction of sp³-hybridized carbons (Fsp3) is 0.0175. The molecule has 0 aliphatic heterocycles. The molecule has 0 atom stereocenters.